The van der Waals surface area contributed by atoms with Crippen molar-refractivity contribution in [1.29, 1.82) is 0 Å². The average Bonchev–Trinajstić information content (AvgIpc) is 2.71. The number of benzene rings is 1. The number of carbonyl (C=O) groups excluding carboxylic acids is 1. The number of hydrogen-bond donors (Lipinski definition) is 1. The molecule has 2 rings (SSSR count). The number of nitrogens with zero attached hydrogens (tertiary/aromatic N) is 1. The highest BCUT2D eigenvalue weighted by molar-refractivity contribution is 5.96. The summed E-state index contributed by atoms with van der Waals surface area (Å²) in [6, 6.07) is 7.39. The fourth-order valence-corrected chi connectivity index (χ4v) is 2.44. The fraction of sp³-hybridized carbons (Fsp3) is 0.429. The Balaban J connectivity index is 2.17. The first kappa shape index (κ1) is 12.6. The van der Waals surface area contributed by atoms with Crippen molar-refractivity contribution >= 4 is 11.9 Å². The van der Waals surface area contributed by atoms with Crippen LogP contribution in [0.5, 0.6) is 0 Å². The van der Waals surface area contributed by atoms with Gasteiger partial charge < -0.3 is 10.0 Å². The van der Waals surface area contributed by atoms with Crippen molar-refractivity contribution in [1.82, 2.24) is 4.90 Å². The van der Waals surface area contributed by atoms with E-state index < -0.39 is 11.9 Å². The summed E-state index contributed by atoms with van der Waals surface area (Å²) < 4.78 is 0. The van der Waals surface area contributed by atoms with Gasteiger partial charge >= 0.3 is 5.97 Å². The smallest absolute Gasteiger partial charge is 0.308 e. The lowest BCUT2D eigenvalue weighted by Gasteiger charge is -2.17. The number of carboxylic acid groups (broad SMARTS) is 1. The van der Waals surface area contributed by atoms with E-state index in [1.165, 1.54) is 0 Å². The van der Waals surface area contributed by atoms with E-state index in [1.807, 2.05) is 32.0 Å². The first-order valence-electron chi connectivity index (χ1n) is 6.08. The maximum absolute atomic E-state index is 12.3. The number of aryl methyl sites for hydroxylation is 1. The van der Waals surface area contributed by atoms with Crippen LogP contribution in [0.15, 0.2) is 24.3 Å². The van der Waals surface area contributed by atoms with Crippen molar-refractivity contribution in [3.8, 4) is 0 Å². The van der Waals surface area contributed by atoms with Gasteiger partial charge in [-0.15, -0.1) is 0 Å². The summed E-state index contributed by atoms with van der Waals surface area (Å²) in [5.41, 5.74) is 1.59. The van der Waals surface area contributed by atoms with Crippen LogP contribution < -0.4 is 0 Å². The summed E-state index contributed by atoms with van der Waals surface area (Å²) in [7, 11) is 0. The summed E-state index contributed by atoms with van der Waals surface area (Å²) in [5.74, 6) is -1.32. The van der Waals surface area contributed by atoms with Crippen LogP contribution >= 0.6 is 0 Å². The van der Waals surface area contributed by atoms with Crippen LogP contribution in [0.1, 0.15) is 22.8 Å². The number of rotatable bonds is 2. The second-order valence-electron chi connectivity index (χ2n) is 4.95. The van der Waals surface area contributed by atoms with Gasteiger partial charge in [-0.25, -0.2) is 0 Å². The fourth-order valence-electron chi connectivity index (χ4n) is 2.44. The molecule has 4 heteroatoms. The van der Waals surface area contributed by atoms with Crippen LogP contribution in [0.4, 0.5) is 0 Å². The van der Waals surface area contributed by atoms with Gasteiger partial charge in [0.1, 0.15) is 0 Å². The highest BCUT2D eigenvalue weighted by atomic mass is 16.4. The molecular formula is C14H17NO3. The predicted molar refractivity (Wildman–Crippen MR) is 67.4 cm³/mol. The van der Waals surface area contributed by atoms with Crippen molar-refractivity contribution in [2.75, 3.05) is 13.1 Å². The third-order valence-electron chi connectivity index (χ3n) is 3.59. The van der Waals surface area contributed by atoms with Gasteiger partial charge in [0.25, 0.3) is 5.91 Å². The van der Waals surface area contributed by atoms with Gasteiger partial charge in [-0.05, 0) is 24.5 Å². The number of likely N-dealkylation sites (tertiary alicyclic amines) is 1. The third kappa shape index (κ3) is 2.23. The van der Waals surface area contributed by atoms with Crippen LogP contribution in [-0.4, -0.2) is 35.0 Å². The van der Waals surface area contributed by atoms with E-state index in [1.54, 1.807) is 11.0 Å². The molecule has 1 aromatic carbocycles. The SMILES string of the molecule is Cc1ccccc1C(=O)N1CC(C)C(C(=O)O)C1. The number of amides is 1. The Morgan fingerprint density at radius 2 is 1.94 bits per heavy atom. The van der Waals surface area contributed by atoms with E-state index in [0.717, 1.165) is 5.56 Å². The first-order valence-corrected chi connectivity index (χ1v) is 6.08. The van der Waals surface area contributed by atoms with Crippen LogP contribution in [0.3, 0.4) is 0 Å². The second-order valence-corrected chi connectivity index (χ2v) is 4.95. The number of aliphatic carboxylic acids is 1. The summed E-state index contributed by atoms with van der Waals surface area (Å²) in [6.45, 7) is 4.60. The highest BCUT2D eigenvalue weighted by Crippen LogP contribution is 2.25. The summed E-state index contributed by atoms with van der Waals surface area (Å²) >= 11 is 0. The maximum Gasteiger partial charge on any atom is 0.308 e. The molecule has 2 unspecified atom stereocenters. The van der Waals surface area contributed by atoms with Crippen LogP contribution in [-0.2, 0) is 4.79 Å². The first-order chi connectivity index (χ1) is 8.50. The van der Waals surface area contributed by atoms with Gasteiger partial charge in [0.2, 0.25) is 0 Å². The molecule has 1 amide bonds. The molecule has 0 aliphatic carbocycles. The van der Waals surface area contributed by atoms with E-state index in [9.17, 15) is 9.59 Å². The van der Waals surface area contributed by atoms with Gasteiger partial charge in [-0.3, -0.25) is 9.59 Å². The number of carboxylic acids is 1. The van der Waals surface area contributed by atoms with Crippen LogP contribution in [0.25, 0.3) is 0 Å². The molecule has 96 valence electrons. The quantitative estimate of drug-likeness (QED) is 0.866. The molecule has 1 aliphatic rings. The molecule has 0 bridgehead atoms. The molecule has 0 saturated carbocycles. The third-order valence-corrected chi connectivity index (χ3v) is 3.59. The Morgan fingerprint density at radius 1 is 1.28 bits per heavy atom. The lowest BCUT2D eigenvalue weighted by molar-refractivity contribution is -0.142. The molecule has 0 aromatic heterocycles. The highest BCUT2D eigenvalue weighted by Gasteiger charge is 2.37. The largest absolute Gasteiger partial charge is 0.481 e. The molecule has 0 radical (unpaired) electrons. The van der Waals surface area contributed by atoms with E-state index in [2.05, 4.69) is 0 Å². The van der Waals surface area contributed by atoms with Gasteiger partial charge in [-0.2, -0.15) is 0 Å². The lowest BCUT2D eigenvalue weighted by Crippen LogP contribution is -2.30. The van der Waals surface area contributed by atoms with E-state index in [-0.39, 0.29) is 11.8 Å². The molecule has 1 saturated heterocycles. The normalized spacial score (nSPS) is 23.1. The Morgan fingerprint density at radius 3 is 2.50 bits per heavy atom. The minimum absolute atomic E-state index is 0.00969. The van der Waals surface area contributed by atoms with E-state index in [4.69, 9.17) is 5.11 Å². The second kappa shape index (κ2) is 4.80. The Hall–Kier alpha value is -1.84. The monoisotopic (exact) mass is 247 g/mol. The molecule has 1 fully saturated rings. The van der Waals surface area contributed by atoms with Crippen molar-refractivity contribution in [3.05, 3.63) is 35.4 Å². The number of carbonyl (C=O) groups is 2. The van der Waals surface area contributed by atoms with Crippen molar-refractivity contribution < 1.29 is 14.7 Å². The molecule has 2 atom stereocenters. The number of hydrogen-bond acceptors (Lipinski definition) is 2. The topological polar surface area (TPSA) is 57.6 Å². The van der Waals surface area contributed by atoms with E-state index in [0.29, 0.717) is 18.7 Å². The van der Waals surface area contributed by atoms with Crippen molar-refractivity contribution in [2.45, 2.75) is 13.8 Å². The summed E-state index contributed by atoms with van der Waals surface area (Å²) in [5, 5.41) is 9.07. The van der Waals surface area contributed by atoms with Crippen molar-refractivity contribution in [3.63, 3.8) is 0 Å². The summed E-state index contributed by atoms with van der Waals surface area (Å²) in [4.78, 5) is 25.0. The molecule has 4 nitrogen and oxygen atoms in total. The molecule has 0 spiro atoms. The zero-order valence-corrected chi connectivity index (χ0v) is 10.6. The van der Waals surface area contributed by atoms with Gasteiger partial charge in [0.05, 0.1) is 5.92 Å². The zero-order valence-electron chi connectivity index (χ0n) is 10.6. The van der Waals surface area contributed by atoms with Gasteiger partial charge in [0.15, 0.2) is 0 Å². The van der Waals surface area contributed by atoms with Gasteiger partial charge in [-0.1, -0.05) is 25.1 Å². The molecule has 1 aliphatic heterocycles. The molecule has 1 aromatic rings. The van der Waals surface area contributed by atoms with Gasteiger partial charge in [0, 0.05) is 18.7 Å². The molecule has 18 heavy (non-hydrogen) atoms. The summed E-state index contributed by atoms with van der Waals surface area (Å²) in [6.07, 6.45) is 0. The Bertz CT molecular complexity index is 484. The predicted octanol–water partition coefficient (Wildman–Crippen LogP) is 1.79. The standard InChI is InChI=1S/C14H17NO3/c1-9-5-3-4-6-11(9)13(16)15-7-10(2)12(8-15)14(17)18/h3-6,10,12H,7-8H2,1-2H3,(H,17,18). The van der Waals surface area contributed by atoms with Crippen LogP contribution in [0, 0.1) is 18.8 Å². The molecular weight excluding hydrogens is 230 g/mol. The molecule has 1 N–H and O–H groups in total. The minimum Gasteiger partial charge on any atom is -0.481 e. The zero-order chi connectivity index (χ0) is 13.3. The van der Waals surface area contributed by atoms with Crippen LogP contribution in [0.2, 0.25) is 0 Å². The average molecular weight is 247 g/mol. The van der Waals surface area contributed by atoms with Crippen molar-refractivity contribution in [2.24, 2.45) is 11.8 Å². The Labute approximate surface area is 106 Å². The lowest BCUT2D eigenvalue weighted by atomic mass is 9.99. The Kier molecular flexibility index (Phi) is 3.36. The van der Waals surface area contributed by atoms with E-state index >= 15 is 0 Å². The molecule has 1 heterocycles. The maximum atomic E-state index is 12.3. The minimum atomic E-state index is -0.817.